The van der Waals surface area contributed by atoms with Crippen molar-refractivity contribution in [2.24, 2.45) is 47.3 Å². The summed E-state index contributed by atoms with van der Waals surface area (Å²) in [6.07, 6.45) is -5.13. The van der Waals surface area contributed by atoms with Gasteiger partial charge < -0.3 is 50.1 Å². The highest BCUT2D eigenvalue weighted by atomic mass is 32.7. The largest absolute Gasteiger partial charge is 0.389 e. The molecule has 0 aliphatic heterocycles. The minimum absolute atomic E-state index is 0.0452. The Kier molecular flexibility index (Phi) is 46.2. The van der Waals surface area contributed by atoms with Crippen LogP contribution in [0.5, 0.6) is 0 Å². The molecule has 6 unspecified atom stereocenters. The topological polar surface area (TPSA) is 252 Å². The summed E-state index contributed by atoms with van der Waals surface area (Å²) in [6.45, 7) is 15.1. The van der Waals surface area contributed by atoms with E-state index in [9.17, 15) is 32.3 Å². The van der Waals surface area contributed by atoms with Gasteiger partial charge in [-0.1, -0.05) is 111 Å². The van der Waals surface area contributed by atoms with E-state index < -0.39 is 84.1 Å². The molecule has 0 aromatic rings. The smallest absolute Gasteiger partial charge is 0.324 e. The van der Waals surface area contributed by atoms with Gasteiger partial charge in [-0.25, -0.2) is 27.4 Å². The van der Waals surface area contributed by atoms with Crippen molar-refractivity contribution in [1.29, 1.82) is 0 Å². The number of hydrogen-bond donors (Lipinski definition) is 1. The van der Waals surface area contributed by atoms with E-state index in [4.69, 9.17) is 75.1 Å². The first-order chi connectivity index (χ1) is 38.9. The van der Waals surface area contributed by atoms with Crippen molar-refractivity contribution in [2.45, 2.75) is 189 Å². The van der Waals surface area contributed by atoms with Gasteiger partial charge in [0, 0.05) is 34.5 Å². The molecule has 0 saturated heterocycles. The van der Waals surface area contributed by atoms with Crippen molar-refractivity contribution in [2.75, 3.05) is 87.4 Å². The third kappa shape index (κ3) is 46.4. The quantitative estimate of drug-likeness (QED) is 0.0555. The van der Waals surface area contributed by atoms with Crippen molar-refractivity contribution in [3.8, 4) is 0 Å². The molecule has 0 heterocycles. The Hall–Kier alpha value is 3.53. The molecule has 512 valence electrons. The van der Waals surface area contributed by atoms with Gasteiger partial charge in [0.15, 0.2) is 0 Å². The summed E-state index contributed by atoms with van der Waals surface area (Å²) in [5.74, 6) is 0.619. The minimum Gasteiger partial charge on any atom is -0.324 e. The minimum atomic E-state index is -4.18. The van der Waals surface area contributed by atoms with Crippen LogP contribution in [0.25, 0.3) is 0 Å². The second-order valence-corrected chi connectivity index (χ2v) is 51.2. The van der Waals surface area contributed by atoms with Gasteiger partial charge in [0.25, 0.3) is 0 Å². The molecule has 35 heteroatoms. The van der Waals surface area contributed by atoms with Crippen molar-refractivity contribution >= 4 is 128 Å². The summed E-state index contributed by atoms with van der Waals surface area (Å²) in [4.78, 5) is 11.5. The lowest BCUT2D eigenvalue weighted by atomic mass is 10.2. The summed E-state index contributed by atoms with van der Waals surface area (Å²) in [5.41, 5.74) is 0. The summed E-state index contributed by atoms with van der Waals surface area (Å²) in [6, 6.07) is 0. The summed E-state index contributed by atoms with van der Waals surface area (Å²) < 4.78 is 168. The van der Waals surface area contributed by atoms with Crippen molar-refractivity contribution in [1.82, 2.24) is 0 Å². The molecule has 0 saturated carbocycles. The van der Waals surface area contributed by atoms with Gasteiger partial charge in [-0.3, -0.25) is 18.1 Å². The normalized spacial score (nSPS) is 17.8. The van der Waals surface area contributed by atoms with E-state index in [0.717, 1.165) is 68.3 Å². The number of rotatable bonds is 54. The van der Waals surface area contributed by atoms with Crippen LogP contribution in [0.4, 0.5) is 0 Å². The molecular weight excluding hydrogens is 1380 g/mol. The van der Waals surface area contributed by atoms with E-state index in [1.165, 1.54) is 0 Å². The van der Waals surface area contributed by atoms with Gasteiger partial charge in [-0.05, 0) is 169 Å². The maximum Gasteiger partial charge on any atom is 0.389 e. The van der Waals surface area contributed by atoms with Gasteiger partial charge in [-0.2, -0.15) is 0 Å². The molecule has 1 N–H and O–H groups in total. The SMILES string of the molecule is CC(C)COP(=O)(OCC(C)C)SCC(C)OP(=O)(OC(C)CSP(=O)(OCC(C)C)OCC(C)C)SCC(C)OP(O)(=S)OC(C)CSP(=O)(OC(C)CSP(=O)(OCC(C)C)OCC(C)C)OC(C)CSP(=O)(OCC(C)C)OCC(C)C. The third-order valence-corrected chi connectivity index (χ3v) is 34.7. The van der Waals surface area contributed by atoms with E-state index in [2.05, 4.69) is 0 Å². The Morgan fingerprint density at radius 2 is 0.388 bits per heavy atom. The first kappa shape index (κ1) is 88.5. The van der Waals surface area contributed by atoms with Crippen LogP contribution in [-0.4, -0.2) is 129 Å². The molecule has 0 bridgehead atoms. The second-order valence-electron chi connectivity index (χ2n) is 23.9. The van der Waals surface area contributed by atoms with Crippen molar-refractivity contribution in [3.63, 3.8) is 0 Å². The van der Waals surface area contributed by atoms with Gasteiger partial charge in [0.05, 0.1) is 89.5 Å². The van der Waals surface area contributed by atoms with Gasteiger partial charge in [-0.15, -0.1) is 0 Å². The van der Waals surface area contributed by atoms with Crippen LogP contribution in [0.2, 0.25) is 0 Å². The summed E-state index contributed by atoms with van der Waals surface area (Å²) >= 11 is 10.8. The van der Waals surface area contributed by atoms with Gasteiger partial charge >= 0.3 is 47.5 Å². The highest BCUT2D eigenvalue weighted by molar-refractivity contribution is 8.57. The van der Waals surface area contributed by atoms with Crippen molar-refractivity contribution < 1.29 is 95.6 Å². The Morgan fingerprint density at radius 1 is 0.259 bits per heavy atom. The van der Waals surface area contributed by atoms with Crippen LogP contribution in [0, 0.1) is 47.3 Å². The zero-order chi connectivity index (χ0) is 65.6. The molecule has 0 aromatic carbocycles. The molecule has 0 fully saturated rings. The molecule has 0 aromatic heterocycles. The zero-order valence-corrected chi connectivity index (χ0v) is 66.6. The third-order valence-electron chi connectivity index (χ3n) is 9.19. The highest BCUT2D eigenvalue weighted by Crippen LogP contribution is 2.69. The van der Waals surface area contributed by atoms with E-state index in [0.29, 0.717) is 0 Å². The van der Waals surface area contributed by atoms with Gasteiger partial charge in [0.2, 0.25) is 0 Å². The van der Waals surface area contributed by atoms with Gasteiger partial charge in [0.1, 0.15) is 0 Å². The Morgan fingerprint density at radius 3 is 0.529 bits per heavy atom. The Labute approximate surface area is 542 Å². The molecule has 6 atom stereocenters. The first-order valence-electron chi connectivity index (χ1n) is 29.0. The molecule has 21 nitrogen and oxygen atoms in total. The highest BCUT2D eigenvalue weighted by Gasteiger charge is 2.39. The fourth-order valence-electron chi connectivity index (χ4n) is 5.26. The Balaban J connectivity index is 6.63. The molecular formula is C50H109O21P7S7. The first-order valence-corrected chi connectivity index (χ1v) is 50.4. The molecule has 85 heavy (non-hydrogen) atoms. The second kappa shape index (κ2) is 44.4. The molecule has 0 spiro atoms. The summed E-state index contributed by atoms with van der Waals surface area (Å²) in [5, 5.41) is 0. The van der Waals surface area contributed by atoms with E-state index >= 15 is 0 Å². The maximum atomic E-state index is 14.9. The maximum absolute atomic E-state index is 14.9. The molecule has 0 amide bonds. The lowest BCUT2D eigenvalue weighted by molar-refractivity contribution is 0.138. The lowest BCUT2D eigenvalue weighted by Crippen LogP contribution is -2.18. The standard InChI is InChI=1S/C50H109O21P7S7/c1-37(2)23-58-73(52,59-24-38(3)4)80-33-47(19)68-77(56,69-48(20)34-81-74(53,60-25-39(5)6)61-26-40(7)8)84-31-45(17)66-72(51,79)67-46(18)32-85-78(57,70-49(21)35-82-75(54,62-27-41(9)10)63-28-42(11)12)71-50(22)36-83-76(55,64-29-43(13)14)65-30-44(15)16/h37-50H,23-36H2,1-22H3,(H,51,79). The predicted molar refractivity (Wildman–Crippen MR) is 366 cm³/mol. The lowest BCUT2D eigenvalue weighted by Gasteiger charge is -2.28. The molecule has 0 radical (unpaired) electrons. The fraction of sp³-hybridized carbons (Fsp3) is 1.00. The van der Waals surface area contributed by atoms with E-state index in [1.54, 1.807) is 41.5 Å². The van der Waals surface area contributed by atoms with Crippen LogP contribution in [-0.2, 0) is 103 Å². The Bertz CT molecular complexity index is 1850. The monoisotopic (exact) mass is 1490 g/mol. The van der Waals surface area contributed by atoms with E-state index in [1.807, 2.05) is 111 Å². The van der Waals surface area contributed by atoms with Crippen LogP contribution >= 0.6 is 116 Å². The molecule has 0 aliphatic carbocycles. The summed E-state index contributed by atoms with van der Waals surface area (Å²) in [7, 11) is 0. The van der Waals surface area contributed by atoms with E-state index in [-0.39, 0.29) is 135 Å². The average Bonchev–Trinajstić information content (AvgIpc) is 3.41. The van der Waals surface area contributed by atoms with Crippen LogP contribution < -0.4 is 0 Å². The van der Waals surface area contributed by atoms with Crippen molar-refractivity contribution in [3.05, 3.63) is 0 Å². The zero-order valence-electron chi connectivity index (χ0n) is 54.6. The fourth-order valence-corrected chi connectivity index (χ4v) is 30.6. The van der Waals surface area contributed by atoms with Crippen LogP contribution in [0.1, 0.15) is 152 Å². The molecule has 0 aliphatic rings. The van der Waals surface area contributed by atoms with Crippen LogP contribution in [0.3, 0.4) is 0 Å². The predicted octanol–water partition coefficient (Wildman–Crippen LogP) is 20.1. The average molecular weight is 1490 g/mol. The number of hydrogen-bond acceptors (Lipinski definition) is 27. The molecule has 0 rings (SSSR count). The van der Waals surface area contributed by atoms with Crippen LogP contribution in [0.15, 0.2) is 0 Å².